The summed E-state index contributed by atoms with van der Waals surface area (Å²) >= 11 is 0. The molecule has 20 heavy (non-hydrogen) atoms. The van der Waals surface area contributed by atoms with E-state index in [2.05, 4.69) is 11.9 Å². The van der Waals surface area contributed by atoms with Crippen molar-refractivity contribution in [2.24, 2.45) is 0 Å². The Kier molecular flexibility index (Phi) is 4.12. The number of pyridine rings is 1. The fraction of sp³-hybridized carbons (Fsp3) is 0.667. The molecule has 1 atom stereocenters. The summed E-state index contributed by atoms with van der Waals surface area (Å²) in [6.07, 6.45) is 2.83. The van der Waals surface area contributed by atoms with Crippen molar-refractivity contribution in [3.8, 4) is 5.88 Å². The molecule has 0 N–H and O–H groups in total. The van der Waals surface area contributed by atoms with Crippen LogP contribution < -0.4 is 10.2 Å². The number of ether oxygens (including phenoxy) is 1. The topological polar surface area (TPSA) is 40.6 Å². The molecule has 0 aliphatic carbocycles. The van der Waals surface area contributed by atoms with Crippen molar-refractivity contribution >= 4 is 12.6 Å². The second-order valence-electron chi connectivity index (χ2n) is 6.35. The van der Waals surface area contributed by atoms with Crippen LogP contribution in [0.25, 0.3) is 0 Å². The molecule has 2 rings (SSSR count). The molecule has 1 unspecified atom stereocenters. The summed E-state index contributed by atoms with van der Waals surface area (Å²) in [5.74, 6) is 0.617. The van der Waals surface area contributed by atoms with Gasteiger partial charge in [-0.25, -0.2) is 4.98 Å². The van der Waals surface area contributed by atoms with Gasteiger partial charge in [-0.2, -0.15) is 0 Å². The molecule has 0 saturated carbocycles. The van der Waals surface area contributed by atoms with Crippen LogP contribution in [0.2, 0.25) is 0 Å². The lowest BCUT2D eigenvalue weighted by atomic mass is 9.80. The van der Waals surface area contributed by atoms with E-state index in [-0.39, 0.29) is 24.4 Å². The molecule has 110 valence electrons. The maximum atomic E-state index is 6.03. The molecular weight excluding hydrogens is 253 g/mol. The fourth-order valence-electron chi connectivity index (χ4n) is 1.90. The van der Waals surface area contributed by atoms with E-state index in [1.54, 1.807) is 6.20 Å². The van der Waals surface area contributed by atoms with E-state index >= 15 is 0 Å². The van der Waals surface area contributed by atoms with Gasteiger partial charge in [-0.15, -0.1) is 0 Å². The monoisotopic (exact) mass is 277 g/mol. The molecule has 1 aromatic heterocycles. The van der Waals surface area contributed by atoms with Gasteiger partial charge < -0.3 is 14.0 Å². The third-order valence-corrected chi connectivity index (χ3v) is 4.18. The molecule has 0 aromatic carbocycles. The Hall–Kier alpha value is -1.07. The van der Waals surface area contributed by atoms with Crippen LogP contribution in [0, 0.1) is 0 Å². The van der Waals surface area contributed by atoms with E-state index in [0.717, 1.165) is 11.9 Å². The molecule has 2 heterocycles. The van der Waals surface area contributed by atoms with Gasteiger partial charge in [0, 0.05) is 12.3 Å². The minimum absolute atomic E-state index is 0.149. The SMILES string of the molecule is CCC(C)Oc1cc(B2OC(C)(C)C(C)(C)O2)ccn1. The van der Waals surface area contributed by atoms with E-state index in [4.69, 9.17) is 14.0 Å². The molecule has 1 aliphatic heterocycles. The van der Waals surface area contributed by atoms with Gasteiger partial charge in [0.05, 0.1) is 17.3 Å². The van der Waals surface area contributed by atoms with Gasteiger partial charge in [0.1, 0.15) is 0 Å². The molecular formula is C15H24BNO3. The molecule has 0 radical (unpaired) electrons. The Labute approximate surface area is 122 Å². The van der Waals surface area contributed by atoms with E-state index in [1.165, 1.54) is 0 Å². The summed E-state index contributed by atoms with van der Waals surface area (Å²) in [5, 5.41) is 0. The minimum atomic E-state index is -0.373. The van der Waals surface area contributed by atoms with Crippen molar-refractivity contribution < 1.29 is 14.0 Å². The Bertz CT molecular complexity index is 460. The molecule has 1 saturated heterocycles. The first-order valence-corrected chi connectivity index (χ1v) is 7.23. The zero-order valence-corrected chi connectivity index (χ0v) is 13.3. The number of rotatable bonds is 4. The third-order valence-electron chi connectivity index (χ3n) is 4.18. The van der Waals surface area contributed by atoms with Crippen molar-refractivity contribution in [1.29, 1.82) is 0 Å². The first-order chi connectivity index (χ1) is 9.25. The zero-order chi connectivity index (χ0) is 15.0. The van der Waals surface area contributed by atoms with Gasteiger partial charge in [0.2, 0.25) is 5.88 Å². The highest BCUT2D eigenvalue weighted by atomic mass is 16.7. The lowest BCUT2D eigenvalue weighted by Crippen LogP contribution is -2.41. The Balaban J connectivity index is 2.17. The smallest absolute Gasteiger partial charge is 0.475 e. The van der Waals surface area contributed by atoms with Crippen LogP contribution in [0.3, 0.4) is 0 Å². The highest BCUT2D eigenvalue weighted by Crippen LogP contribution is 2.36. The van der Waals surface area contributed by atoms with E-state index in [9.17, 15) is 0 Å². The molecule has 0 amide bonds. The predicted octanol–water partition coefficient (Wildman–Crippen LogP) is 2.56. The van der Waals surface area contributed by atoms with Gasteiger partial charge in [-0.3, -0.25) is 0 Å². The number of hydrogen-bond donors (Lipinski definition) is 0. The summed E-state index contributed by atoms with van der Waals surface area (Å²) in [7, 11) is -0.373. The average Bonchev–Trinajstić information content (AvgIpc) is 2.59. The zero-order valence-electron chi connectivity index (χ0n) is 13.3. The van der Waals surface area contributed by atoms with Gasteiger partial charge >= 0.3 is 7.12 Å². The maximum Gasteiger partial charge on any atom is 0.495 e. The normalized spacial score (nSPS) is 21.8. The first kappa shape index (κ1) is 15.3. The molecule has 0 spiro atoms. The van der Waals surface area contributed by atoms with Crippen molar-refractivity contribution in [3.63, 3.8) is 0 Å². The second-order valence-corrected chi connectivity index (χ2v) is 6.35. The van der Waals surface area contributed by atoms with Crippen molar-refractivity contribution in [2.45, 2.75) is 65.3 Å². The summed E-state index contributed by atoms with van der Waals surface area (Å²) in [6.45, 7) is 12.3. The van der Waals surface area contributed by atoms with Crippen LogP contribution in [-0.4, -0.2) is 29.4 Å². The van der Waals surface area contributed by atoms with Gasteiger partial charge in [-0.05, 0) is 52.6 Å². The predicted molar refractivity (Wildman–Crippen MR) is 80.3 cm³/mol. The van der Waals surface area contributed by atoms with Gasteiger partial charge in [0.15, 0.2) is 0 Å². The fourth-order valence-corrected chi connectivity index (χ4v) is 1.90. The van der Waals surface area contributed by atoms with E-state index in [0.29, 0.717) is 5.88 Å². The van der Waals surface area contributed by atoms with Crippen molar-refractivity contribution in [2.75, 3.05) is 0 Å². The standard InChI is InChI=1S/C15H24BNO3/c1-7-11(2)18-13-10-12(8-9-17-13)16-19-14(3,4)15(5,6)20-16/h8-11H,7H2,1-6H3. The molecule has 4 nitrogen and oxygen atoms in total. The van der Waals surface area contributed by atoms with Crippen LogP contribution in [0.4, 0.5) is 0 Å². The molecule has 1 aromatic rings. The van der Waals surface area contributed by atoms with Gasteiger partial charge in [-0.1, -0.05) is 6.92 Å². The summed E-state index contributed by atoms with van der Waals surface area (Å²) in [5.41, 5.74) is 0.272. The van der Waals surface area contributed by atoms with Crippen LogP contribution in [0.15, 0.2) is 18.3 Å². The average molecular weight is 277 g/mol. The van der Waals surface area contributed by atoms with Crippen LogP contribution >= 0.6 is 0 Å². The minimum Gasteiger partial charge on any atom is -0.475 e. The molecule has 1 fully saturated rings. The van der Waals surface area contributed by atoms with E-state index < -0.39 is 0 Å². The number of aromatic nitrogens is 1. The van der Waals surface area contributed by atoms with E-state index in [1.807, 2.05) is 46.8 Å². The summed E-state index contributed by atoms with van der Waals surface area (Å²) < 4.78 is 17.8. The lowest BCUT2D eigenvalue weighted by molar-refractivity contribution is 0.00578. The Morgan fingerprint density at radius 2 is 1.85 bits per heavy atom. The summed E-state index contributed by atoms with van der Waals surface area (Å²) in [6, 6.07) is 3.81. The van der Waals surface area contributed by atoms with Crippen LogP contribution in [0.5, 0.6) is 5.88 Å². The lowest BCUT2D eigenvalue weighted by Gasteiger charge is -2.32. The maximum absolute atomic E-state index is 6.03. The van der Waals surface area contributed by atoms with Crippen LogP contribution in [0.1, 0.15) is 48.0 Å². The van der Waals surface area contributed by atoms with Crippen molar-refractivity contribution in [3.05, 3.63) is 18.3 Å². The molecule has 1 aliphatic rings. The molecule has 0 bridgehead atoms. The van der Waals surface area contributed by atoms with Crippen LogP contribution in [-0.2, 0) is 9.31 Å². The Morgan fingerprint density at radius 1 is 1.25 bits per heavy atom. The number of nitrogens with zero attached hydrogens (tertiary/aromatic N) is 1. The third kappa shape index (κ3) is 2.99. The molecule has 5 heteroatoms. The number of hydrogen-bond acceptors (Lipinski definition) is 4. The largest absolute Gasteiger partial charge is 0.495 e. The highest BCUT2D eigenvalue weighted by Gasteiger charge is 2.51. The van der Waals surface area contributed by atoms with Gasteiger partial charge in [0.25, 0.3) is 0 Å². The second kappa shape index (κ2) is 5.37. The quantitative estimate of drug-likeness (QED) is 0.793. The highest BCUT2D eigenvalue weighted by molar-refractivity contribution is 6.62. The summed E-state index contributed by atoms with van der Waals surface area (Å²) in [4.78, 5) is 4.24. The first-order valence-electron chi connectivity index (χ1n) is 7.23. The van der Waals surface area contributed by atoms with Crippen molar-refractivity contribution in [1.82, 2.24) is 4.98 Å². The Morgan fingerprint density at radius 3 is 2.40 bits per heavy atom.